The normalized spacial score (nSPS) is 24.9. The number of hydrogen-bond donors (Lipinski definition) is 3. The second-order valence-corrected chi connectivity index (χ2v) is 8.41. The number of amides is 6. The van der Waals surface area contributed by atoms with E-state index in [0.717, 1.165) is 4.90 Å². The lowest BCUT2D eigenvalue weighted by atomic mass is 9.98. The predicted octanol–water partition coefficient (Wildman–Crippen LogP) is -0.929. The smallest absolute Gasteiger partial charge is 0.326 e. The van der Waals surface area contributed by atoms with Gasteiger partial charge in [-0.05, 0) is 12.5 Å². The summed E-state index contributed by atoms with van der Waals surface area (Å²) >= 11 is 0. The molecule has 3 unspecified atom stereocenters. The topological polar surface area (TPSA) is 156 Å². The van der Waals surface area contributed by atoms with Gasteiger partial charge in [-0.25, -0.2) is 9.59 Å². The highest BCUT2D eigenvalue weighted by atomic mass is 16.4. The van der Waals surface area contributed by atoms with E-state index in [1.54, 1.807) is 37.3 Å². The van der Waals surface area contributed by atoms with Crippen molar-refractivity contribution in [3.63, 3.8) is 0 Å². The van der Waals surface area contributed by atoms with Gasteiger partial charge in [-0.1, -0.05) is 30.3 Å². The first-order valence-corrected chi connectivity index (χ1v) is 11.0. The first-order valence-electron chi connectivity index (χ1n) is 11.0. The highest BCUT2D eigenvalue weighted by molar-refractivity contribution is 6.38. The summed E-state index contributed by atoms with van der Waals surface area (Å²) in [5.74, 6) is -3.79. The summed E-state index contributed by atoms with van der Waals surface area (Å²) in [6.07, 6.45) is 0.189. The molecule has 1 aromatic carbocycles. The number of fused-ring (bicyclic) bond motifs is 1. The van der Waals surface area contributed by atoms with Crippen molar-refractivity contribution in [2.24, 2.45) is 0 Å². The van der Waals surface area contributed by atoms with Crippen molar-refractivity contribution >= 4 is 35.6 Å². The first kappa shape index (κ1) is 23.2. The number of carbonyl (C=O) groups is 6. The van der Waals surface area contributed by atoms with Crippen molar-refractivity contribution in [2.45, 2.75) is 43.9 Å². The van der Waals surface area contributed by atoms with Crippen LogP contribution in [0.1, 0.15) is 31.4 Å². The van der Waals surface area contributed by atoms with Crippen molar-refractivity contribution < 1.29 is 33.9 Å². The molecule has 3 heterocycles. The fourth-order valence-electron chi connectivity index (χ4n) is 4.67. The molecule has 0 bridgehead atoms. The molecular formula is C22H25N5O7. The van der Waals surface area contributed by atoms with Crippen LogP contribution in [0.2, 0.25) is 0 Å². The summed E-state index contributed by atoms with van der Waals surface area (Å²) in [7, 11) is 0. The average Bonchev–Trinajstić information content (AvgIpc) is 3.11. The van der Waals surface area contributed by atoms with Crippen LogP contribution in [0.4, 0.5) is 4.79 Å². The summed E-state index contributed by atoms with van der Waals surface area (Å²) in [5, 5.41) is 14.7. The van der Waals surface area contributed by atoms with Crippen LogP contribution in [-0.4, -0.2) is 93.2 Å². The van der Waals surface area contributed by atoms with Crippen LogP contribution in [0.3, 0.4) is 0 Å². The van der Waals surface area contributed by atoms with Crippen LogP contribution >= 0.6 is 0 Å². The number of piperazine rings is 1. The Morgan fingerprint density at radius 3 is 2.38 bits per heavy atom. The maximum absolute atomic E-state index is 13.2. The van der Waals surface area contributed by atoms with E-state index < -0.39 is 53.9 Å². The number of carboxylic acids is 1. The van der Waals surface area contributed by atoms with E-state index in [-0.39, 0.29) is 31.8 Å². The van der Waals surface area contributed by atoms with Gasteiger partial charge in [0.05, 0.1) is 12.1 Å². The van der Waals surface area contributed by atoms with E-state index in [1.165, 1.54) is 9.80 Å². The zero-order chi connectivity index (χ0) is 24.6. The molecule has 3 fully saturated rings. The van der Waals surface area contributed by atoms with Gasteiger partial charge in [0.25, 0.3) is 0 Å². The van der Waals surface area contributed by atoms with Gasteiger partial charge in [-0.3, -0.25) is 24.1 Å². The number of rotatable bonds is 6. The zero-order valence-electron chi connectivity index (χ0n) is 18.5. The summed E-state index contributed by atoms with van der Waals surface area (Å²) in [5.41, 5.74) is 0.439. The average molecular weight is 471 g/mol. The van der Waals surface area contributed by atoms with E-state index in [0.29, 0.717) is 12.1 Å². The Morgan fingerprint density at radius 1 is 1.09 bits per heavy atom. The van der Waals surface area contributed by atoms with Gasteiger partial charge < -0.3 is 25.5 Å². The van der Waals surface area contributed by atoms with E-state index in [9.17, 15) is 33.9 Å². The molecule has 3 aliphatic rings. The van der Waals surface area contributed by atoms with Crippen LogP contribution in [0.15, 0.2) is 30.3 Å². The lowest BCUT2D eigenvalue weighted by Gasteiger charge is -2.39. The third kappa shape index (κ3) is 4.06. The zero-order valence-corrected chi connectivity index (χ0v) is 18.5. The molecule has 0 radical (unpaired) electrons. The predicted molar refractivity (Wildman–Crippen MR) is 115 cm³/mol. The molecule has 34 heavy (non-hydrogen) atoms. The van der Waals surface area contributed by atoms with E-state index in [2.05, 4.69) is 10.6 Å². The van der Waals surface area contributed by atoms with Crippen molar-refractivity contribution in [1.82, 2.24) is 25.3 Å². The molecule has 12 heteroatoms. The number of nitrogens with one attached hydrogen (secondary N) is 2. The van der Waals surface area contributed by atoms with Gasteiger partial charge in [0.2, 0.25) is 11.8 Å². The molecule has 6 amide bonds. The van der Waals surface area contributed by atoms with E-state index in [1.807, 2.05) is 0 Å². The molecule has 1 aromatic rings. The molecule has 4 rings (SSSR count). The second-order valence-electron chi connectivity index (χ2n) is 8.41. The first-order chi connectivity index (χ1) is 16.2. The minimum absolute atomic E-state index is 0.00453. The molecule has 3 saturated heterocycles. The number of urea groups is 1. The molecular weight excluding hydrogens is 446 g/mol. The monoisotopic (exact) mass is 471 g/mol. The molecule has 180 valence electrons. The maximum atomic E-state index is 13.2. The van der Waals surface area contributed by atoms with Crippen molar-refractivity contribution in [3.05, 3.63) is 35.9 Å². The number of benzene rings is 1. The van der Waals surface area contributed by atoms with Gasteiger partial charge in [0.1, 0.15) is 12.1 Å². The van der Waals surface area contributed by atoms with Crippen molar-refractivity contribution in [2.75, 3.05) is 19.6 Å². The van der Waals surface area contributed by atoms with Crippen molar-refractivity contribution in [1.29, 1.82) is 0 Å². The highest BCUT2D eigenvalue weighted by Crippen LogP contribution is 2.35. The van der Waals surface area contributed by atoms with Gasteiger partial charge >= 0.3 is 23.8 Å². The Balaban J connectivity index is 1.50. The Morgan fingerprint density at radius 2 is 1.79 bits per heavy atom. The lowest BCUT2D eigenvalue weighted by Crippen LogP contribution is -2.60. The molecule has 0 saturated carbocycles. The molecule has 12 nitrogen and oxygen atoms in total. The number of nitrogens with zero attached hydrogens (tertiary/aromatic N) is 3. The van der Waals surface area contributed by atoms with Crippen LogP contribution < -0.4 is 10.6 Å². The molecule has 3 N–H and O–H groups in total. The fraction of sp³-hybridized carbons (Fsp3) is 0.455. The third-order valence-corrected chi connectivity index (χ3v) is 6.52. The number of likely N-dealkylation sites (N-methyl/N-ethyl adjacent to an activating group) is 1. The molecule has 0 spiro atoms. The number of imide groups is 1. The van der Waals surface area contributed by atoms with Crippen LogP contribution in [0, 0.1) is 0 Å². The number of carbonyl (C=O) groups excluding carboxylic acids is 5. The van der Waals surface area contributed by atoms with Gasteiger partial charge in [-0.2, -0.15) is 0 Å². The molecule has 0 aliphatic carbocycles. The number of hydrogen-bond acceptors (Lipinski definition) is 6. The highest BCUT2D eigenvalue weighted by Gasteiger charge is 2.54. The van der Waals surface area contributed by atoms with Gasteiger partial charge in [0, 0.05) is 32.5 Å². The standard InChI is InChI=1S/C22H25N5O7/c1-2-25-8-9-26(20(31)19(25)30)22(34)24-17(12-6-4-3-5-7-12)18(29)23-13-10-15(21(32)33)27-14(13)11-16(27)28/h3-7,13-15,17H,2,8-11H2,1H3,(H,23,29)(H,24,34)(H,32,33)/t13?,14-,15?,17?/m0/s1. The quantitative estimate of drug-likeness (QED) is 0.357. The van der Waals surface area contributed by atoms with Crippen LogP contribution in [-0.2, 0) is 24.0 Å². The maximum Gasteiger partial charge on any atom is 0.326 e. The third-order valence-electron chi connectivity index (χ3n) is 6.52. The van der Waals surface area contributed by atoms with Crippen molar-refractivity contribution in [3.8, 4) is 0 Å². The summed E-state index contributed by atoms with van der Waals surface area (Å²) < 4.78 is 0. The summed E-state index contributed by atoms with van der Waals surface area (Å²) in [6.45, 7) is 2.26. The largest absolute Gasteiger partial charge is 0.480 e. The minimum atomic E-state index is -1.20. The molecule has 3 aliphatic heterocycles. The van der Waals surface area contributed by atoms with E-state index >= 15 is 0 Å². The Labute approximate surface area is 194 Å². The van der Waals surface area contributed by atoms with E-state index in [4.69, 9.17) is 0 Å². The summed E-state index contributed by atoms with van der Waals surface area (Å²) in [6, 6.07) is 4.23. The SMILES string of the molecule is CCN1CCN(C(=O)NC(C(=O)NC2CC(C(=O)O)N3C(=O)C[C@@H]23)c2ccccc2)C(=O)C1=O. The van der Waals surface area contributed by atoms with Crippen LogP contribution in [0.25, 0.3) is 0 Å². The number of carboxylic acid groups (broad SMARTS) is 1. The molecule has 0 aromatic heterocycles. The van der Waals surface area contributed by atoms with Gasteiger partial charge in [-0.15, -0.1) is 0 Å². The minimum Gasteiger partial charge on any atom is -0.480 e. The Bertz CT molecular complexity index is 1040. The number of β-lactam (4-membered cyclic amide) rings is 1. The summed E-state index contributed by atoms with van der Waals surface area (Å²) in [4.78, 5) is 77.5. The number of aliphatic carboxylic acids is 1. The fourth-order valence-corrected chi connectivity index (χ4v) is 4.67. The van der Waals surface area contributed by atoms with Crippen LogP contribution in [0.5, 0.6) is 0 Å². The molecule has 4 atom stereocenters. The Hall–Kier alpha value is -3.96. The van der Waals surface area contributed by atoms with Gasteiger partial charge in [0.15, 0.2) is 0 Å². The lowest BCUT2D eigenvalue weighted by molar-refractivity contribution is -0.157. The second kappa shape index (κ2) is 9.12. The Kier molecular flexibility index (Phi) is 6.22.